The molecule has 0 fully saturated rings. The lowest BCUT2D eigenvalue weighted by atomic mass is 9.94. The minimum absolute atomic E-state index is 0.00126. The maximum atomic E-state index is 13.3. The largest absolute Gasteiger partial charge is 0.454 e. The van der Waals surface area contributed by atoms with Crippen molar-refractivity contribution in [2.24, 2.45) is 0 Å². The Kier molecular flexibility index (Phi) is 9.51. The summed E-state index contributed by atoms with van der Waals surface area (Å²) in [6, 6.07) is 33.0. The van der Waals surface area contributed by atoms with Gasteiger partial charge in [0.25, 0.3) is 0 Å². The summed E-state index contributed by atoms with van der Waals surface area (Å²) in [4.78, 5) is 11.8. The molecule has 0 aromatic heterocycles. The molecule has 4 rings (SSSR count). The Labute approximate surface area is 217 Å². The number of carbonyl (C=O) groups excluding carboxylic acids is 1. The van der Waals surface area contributed by atoms with Crippen LogP contribution in [0, 0.1) is 0 Å². The smallest absolute Gasteiger partial charge is 0.402 e. The van der Waals surface area contributed by atoms with Crippen molar-refractivity contribution in [3.8, 4) is 22.3 Å². The van der Waals surface area contributed by atoms with E-state index < -0.39 is 27.9 Å². The van der Waals surface area contributed by atoms with E-state index in [-0.39, 0.29) is 5.56 Å². The van der Waals surface area contributed by atoms with Crippen molar-refractivity contribution >= 4 is 28.2 Å². The zero-order valence-electron chi connectivity index (χ0n) is 19.1. The molecule has 0 saturated carbocycles. The molecule has 0 aliphatic heterocycles. The average Bonchev–Trinajstić information content (AvgIpc) is 2.92. The first-order valence-corrected chi connectivity index (χ1v) is 12.9. The van der Waals surface area contributed by atoms with Gasteiger partial charge in [0.05, 0.1) is 17.7 Å². The summed E-state index contributed by atoms with van der Waals surface area (Å²) in [6.07, 6.45) is 0. The van der Waals surface area contributed by atoms with E-state index in [1.807, 2.05) is 66.7 Å². The van der Waals surface area contributed by atoms with Crippen molar-refractivity contribution < 1.29 is 35.2 Å². The molecule has 37 heavy (non-hydrogen) atoms. The predicted octanol–water partition coefficient (Wildman–Crippen LogP) is 7.32. The summed E-state index contributed by atoms with van der Waals surface area (Å²) in [6.45, 7) is -1.74. The van der Waals surface area contributed by atoms with E-state index in [0.717, 1.165) is 22.3 Å². The first kappa shape index (κ1) is 28.0. The van der Waals surface area contributed by atoms with E-state index in [0.29, 0.717) is 17.0 Å². The van der Waals surface area contributed by atoms with Crippen molar-refractivity contribution in [1.29, 1.82) is 0 Å². The van der Waals surface area contributed by atoms with Crippen molar-refractivity contribution in [2.45, 2.75) is 10.2 Å². The fraction of sp³-hybridized carbons (Fsp3) is 0.0741. The third kappa shape index (κ3) is 7.45. The third-order valence-corrected chi connectivity index (χ3v) is 6.39. The van der Waals surface area contributed by atoms with Gasteiger partial charge < -0.3 is 4.74 Å². The van der Waals surface area contributed by atoms with Crippen LogP contribution in [0.4, 0.5) is 12.7 Å². The SMILES string of the molecule is FSc1cccc(-c2ccccc2)c1-c1ccccc1.O=C(OCC(F)(F)S(=O)(=O)O)c1ccccc1. The molecule has 0 aliphatic carbocycles. The van der Waals surface area contributed by atoms with E-state index in [9.17, 15) is 25.9 Å². The molecule has 5 nitrogen and oxygen atoms in total. The molecule has 0 aliphatic rings. The van der Waals surface area contributed by atoms with Gasteiger partial charge in [-0.25, -0.2) is 4.79 Å². The van der Waals surface area contributed by atoms with Crippen molar-refractivity contribution in [2.75, 3.05) is 6.61 Å². The normalized spacial score (nSPS) is 11.2. The monoisotopic (exact) mass is 546 g/mol. The summed E-state index contributed by atoms with van der Waals surface area (Å²) in [5.74, 6) is -1.10. The molecule has 0 spiro atoms. The number of halogens is 3. The van der Waals surface area contributed by atoms with Crippen LogP contribution in [0.25, 0.3) is 22.3 Å². The lowest BCUT2D eigenvalue weighted by Gasteiger charge is -2.13. The molecule has 0 bridgehead atoms. The lowest BCUT2D eigenvalue weighted by molar-refractivity contribution is -0.00950. The predicted molar refractivity (Wildman–Crippen MR) is 137 cm³/mol. The molecule has 10 heteroatoms. The average molecular weight is 547 g/mol. The van der Waals surface area contributed by atoms with Crippen LogP contribution >= 0.6 is 12.1 Å². The Bertz CT molecular complexity index is 1420. The van der Waals surface area contributed by atoms with Gasteiger partial charge in [0.1, 0.15) is 0 Å². The second kappa shape index (κ2) is 12.6. The van der Waals surface area contributed by atoms with Crippen molar-refractivity contribution in [3.05, 3.63) is 115 Å². The Hall–Kier alpha value is -3.60. The molecule has 0 unspecified atom stereocenters. The molecule has 0 radical (unpaired) electrons. The van der Waals surface area contributed by atoms with Crippen molar-refractivity contribution in [1.82, 2.24) is 0 Å². The standard InChI is InChI=1S/C18H13FS.C9H8F2O5S/c19-20-17-13-7-12-16(14-8-3-1-4-9-14)18(17)15-10-5-2-6-11-15;10-9(11,17(13,14)15)6-16-8(12)7-4-2-1-3-5-7/h1-13H;1-5H,6H2,(H,13,14,15). The van der Waals surface area contributed by atoms with Crippen LogP contribution in [0.5, 0.6) is 0 Å². The van der Waals surface area contributed by atoms with Crippen LogP contribution in [0.2, 0.25) is 0 Å². The minimum atomic E-state index is -5.59. The number of hydrogen-bond acceptors (Lipinski definition) is 5. The van der Waals surface area contributed by atoms with Crippen LogP contribution in [0.1, 0.15) is 10.4 Å². The molecular formula is C27H21F3O5S2. The minimum Gasteiger partial charge on any atom is -0.454 e. The number of hydrogen-bond donors (Lipinski definition) is 1. The van der Waals surface area contributed by atoms with Gasteiger partial charge in [-0.3, -0.25) is 4.55 Å². The molecule has 192 valence electrons. The maximum absolute atomic E-state index is 13.3. The van der Waals surface area contributed by atoms with Gasteiger partial charge in [-0.2, -0.15) is 21.1 Å². The second-order valence-electron chi connectivity index (χ2n) is 7.54. The van der Waals surface area contributed by atoms with Gasteiger partial charge in [-0.1, -0.05) is 91.0 Å². The third-order valence-electron chi connectivity index (χ3n) is 5.01. The van der Waals surface area contributed by atoms with Gasteiger partial charge in [0, 0.05) is 10.5 Å². The Morgan fingerprint density at radius 3 is 1.81 bits per heavy atom. The highest BCUT2D eigenvalue weighted by Gasteiger charge is 2.45. The molecular weight excluding hydrogens is 525 g/mol. The van der Waals surface area contributed by atoms with E-state index in [1.165, 1.54) is 24.3 Å². The molecule has 0 amide bonds. The van der Waals surface area contributed by atoms with Crippen LogP contribution in [-0.2, 0) is 14.9 Å². The van der Waals surface area contributed by atoms with Gasteiger partial charge in [-0.15, -0.1) is 0 Å². The molecule has 0 atom stereocenters. The number of benzene rings is 4. The van der Waals surface area contributed by atoms with Gasteiger partial charge in [0.2, 0.25) is 0 Å². The van der Waals surface area contributed by atoms with Crippen LogP contribution in [-0.4, -0.2) is 30.8 Å². The maximum Gasteiger partial charge on any atom is 0.402 e. The lowest BCUT2D eigenvalue weighted by Crippen LogP contribution is -2.34. The Morgan fingerprint density at radius 1 is 0.784 bits per heavy atom. The van der Waals surface area contributed by atoms with E-state index in [4.69, 9.17) is 4.55 Å². The Morgan fingerprint density at radius 2 is 1.30 bits per heavy atom. The summed E-state index contributed by atoms with van der Waals surface area (Å²) >= 11 is 0.299. The molecule has 4 aromatic carbocycles. The van der Waals surface area contributed by atoms with Crippen molar-refractivity contribution in [3.63, 3.8) is 0 Å². The first-order chi connectivity index (χ1) is 17.6. The van der Waals surface area contributed by atoms with E-state index in [2.05, 4.69) is 16.9 Å². The van der Waals surface area contributed by atoms with E-state index >= 15 is 0 Å². The zero-order chi connectivity index (χ0) is 26.9. The molecule has 1 N–H and O–H groups in total. The molecule has 0 heterocycles. The summed E-state index contributed by atoms with van der Waals surface area (Å²) < 4.78 is 71.4. The van der Waals surface area contributed by atoms with Gasteiger partial charge >= 0.3 is 21.3 Å². The summed E-state index contributed by atoms with van der Waals surface area (Å²) in [7, 11) is -5.59. The highest BCUT2D eigenvalue weighted by Crippen LogP contribution is 2.39. The zero-order valence-corrected chi connectivity index (χ0v) is 20.8. The van der Waals surface area contributed by atoms with E-state index in [1.54, 1.807) is 6.07 Å². The van der Waals surface area contributed by atoms with Gasteiger partial charge in [-0.05, 0) is 34.9 Å². The fourth-order valence-corrected chi connectivity index (χ4v) is 3.88. The van der Waals surface area contributed by atoms with Crippen LogP contribution < -0.4 is 0 Å². The number of rotatable bonds is 7. The summed E-state index contributed by atoms with van der Waals surface area (Å²) in [5.41, 5.74) is 4.14. The second-order valence-corrected chi connectivity index (χ2v) is 9.68. The number of esters is 1. The van der Waals surface area contributed by atoms with Gasteiger partial charge in [0.15, 0.2) is 6.61 Å². The summed E-state index contributed by atoms with van der Waals surface area (Å²) in [5, 5.41) is -4.52. The highest BCUT2D eigenvalue weighted by atomic mass is 32.2. The quantitative estimate of drug-likeness (QED) is 0.193. The topological polar surface area (TPSA) is 80.7 Å². The van der Waals surface area contributed by atoms with Crippen LogP contribution in [0.15, 0.2) is 114 Å². The van der Waals surface area contributed by atoms with Crippen LogP contribution in [0.3, 0.4) is 0 Å². The first-order valence-electron chi connectivity index (χ1n) is 10.7. The Balaban J connectivity index is 0.000000209. The molecule has 4 aromatic rings. The highest BCUT2D eigenvalue weighted by molar-refractivity contribution is 7.94. The molecule has 0 saturated heterocycles. The number of ether oxygens (including phenoxy) is 1. The number of alkyl halides is 2. The fourth-order valence-electron chi connectivity index (χ4n) is 3.24. The number of carbonyl (C=O) groups is 1.